The Bertz CT molecular complexity index is 413. The third-order valence-corrected chi connectivity index (χ3v) is 2.50. The van der Waals surface area contributed by atoms with Crippen LogP contribution in [0.2, 0.25) is 0 Å². The molecule has 0 aromatic carbocycles. The van der Waals surface area contributed by atoms with Gasteiger partial charge in [-0.05, 0) is 38.5 Å². The van der Waals surface area contributed by atoms with E-state index in [1.54, 1.807) is 13.1 Å². The number of esters is 1. The quantitative estimate of drug-likeness (QED) is 0.778. The first kappa shape index (κ1) is 18.8. The van der Waals surface area contributed by atoms with Crippen molar-refractivity contribution in [1.82, 2.24) is 4.98 Å². The number of rotatable bonds is 7. The molecule has 20 heavy (non-hydrogen) atoms. The van der Waals surface area contributed by atoms with Crippen molar-refractivity contribution in [1.29, 1.82) is 0 Å². The second-order valence-corrected chi connectivity index (χ2v) is 4.49. The second-order valence-electron chi connectivity index (χ2n) is 4.49. The smallest absolute Gasteiger partial charge is 0.335 e. The van der Waals surface area contributed by atoms with Crippen molar-refractivity contribution in [3.05, 3.63) is 29.6 Å². The minimum absolute atomic E-state index is 0. The Morgan fingerprint density at radius 2 is 2.15 bits per heavy atom. The Kier molecular flexibility index (Phi) is 9.12. The van der Waals surface area contributed by atoms with Crippen molar-refractivity contribution in [3.8, 4) is 0 Å². The summed E-state index contributed by atoms with van der Waals surface area (Å²) in [5, 5.41) is 0. The van der Waals surface area contributed by atoms with Gasteiger partial charge in [0.15, 0.2) is 6.10 Å². The molecule has 1 atom stereocenters. The van der Waals surface area contributed by atoms with Crippen molar-refractivity contribution in [2.45, 2.75) is 45.9 Å². The standard InChI is InChI=1S/C14H22N2O3.ClH/c1-4-18-14(17)13(19-10(2)3)8-11-5-6-16-12(7-11)9-15;/h5-7,10,13H,4,8-9,15H2,1-3H3;1H. The van der Waals surface area contributed by atoms with Crippen molar-refractivity contribution in [2.75, 3.05) is 6.61 Å². The van der Waals surface area contributed by atoms with E-state index in [-0.39, 0.29) is 24.5 Å². The number of carbonyl (C=O) groups excluding carboxylic acids is 1. The van der Waals surface area contributed by atoms with Gasteiger partial charge in [0.25, 0.3) is 0 Å². The van der Waals surface area contributed by atoms with Crippen LogP contribution >= 0.6 is 12.4 Å². The molecule has 0 spiro atoms. The summed E-state index contributed by atoms with van der Waals surface area (Å²) in [6.45, 7) is 6.29. The van der Waals surface area contributed by atoms with Gasteiger partial charge in [0.05, 0.1) is 18.4 Å². The number of ether oxygens (including phenoxy) is 2. The lowest BCUT2D eigenvalue weighted by Crippen LogP contribution is -2.31. The molecule has 2 N–H and O–H groups in total. The molecule has 1 aromatic rings. The molecule has 0 fully saturated rings. The molecule has 5 nitrogen and oxygen atoms in total. The molecule has 6 heteroatoms. The molecule has 1 rings (SSSR count). The third kappa shape index (κ3) is 6.32. The van der Waals surface area contributed by atoms with Gasteiger partial charge in [-0.1, -0.05) is 0 Å². The second kappa shape index (κ2) is 9.69. The average molecular weight is 303 g/mol. The van der Waals surface area contributed by atoms with Crippen LogP contribution in [0.4, 0.5) is 0 Å². The van der Waals surface area contributed by atoms with Gasteiger partial charge in [-0.2, -0.15) is 0 Å². The summed E-state index contributed by atoms with van der Waals surface area (Å²) in [7, 11) is 0. The van der Waals surface area contributed by atoms with Crippen molar-refractivity contribution < 1.29 is 14.3 Å². The fourth-order valence-electron chi connectivity index (χ4n) is 1.73. The SMILES string of the molecule is CCOC(=O)C(Cc1ccnc(CN)c1)OC(C)C.Cl. The van der Waals surface area contributed by atoms with Crippen LogP contribution in [0.3, 0.4) is 0 Å². The zero-order chi connectivity index (χ0) is 14.3. The van der Waals surface area contributed by atoms with E-state index in [1.807, 2.05) is 26.0 Å². The van der Waals surface area contributed by atoms with E-state index in [4.69, 9.17) is 15.2 Å². The summed E-state index contributed by atoms with van der Waals surface area (Å²) in [4.78, 5) is 16.0. The number of carbonyl (C=O) groups is 1. The minimum atomic E-state index is -0.590. The molecule has 0 saturated heterocycles. The van der Waals surface area contributed by atoms with Crippen LogP contribution in [0.25, 0.3) is 0 Å². The fraction of sp³-hybridized carbons (Fsp3) is 0.571. The van der Waals surface area contributed by atoms with Crippen molar-refractivity contribution in [2.24, 2.45) is 5.73 Å². The Hall–Kier alpha value is -1.17. The third-order valence-electron chi connectivity index (χ3n) is 2.50. The highest BCUT2D eigenvalue weighted by molar-refractivity contribution is 5.85. The van der Waals surface area contributed by atoms with Crippen LogP contribution in [-0.2, 0) is 27.2 Å². The lowest BCUT2D eigenvalue weighted by Gasteiger charge is -2.19. The molecule has 0 aliphatic carbocycles. The van der Waals surface area contributed by atoms with E-state index in [0.717, 1.165) is 11.3 Å². The Labute approximate surface area is 126 Å². The molecule has 0 aliphatic heterocycles. The van der Waals surface area contributed by atoms with Gasteiger partial charge in [0.1, 0.15) is 0 Å². The predicted molar refractivity (Wildman–Crippen MR) is 79.7 cm³/mol. The highest BCUT2D eigenvalue weighted by Gasteiger charge is 2.22. The largest absolute Gasteiger partial charge is 0.464 e. The number of halogens is 1. The van der Waals surface area contributed by atoms with E-state index in [2.05, 4.69) is 4.98 Å². The van der Waals surface area contributed by atoms with Gasteiger partial charge in [0.2, 0.25) is 0 Å². The molecule has 1 aromatic heterocycles. The summed E-state index contributed by atoms with van der Waals surface area (Å²) in [5.41, 5.74) is 7.32. The number of hydrogen-bond acceptors (Lipinski definition) is 5. The highest BCUT2D eigenvalue weighted by atomic mass is 35.5. The van der Waals surface area contributed by atoms with Gasteiger partial charge in [-0.25, -0.2) is 4.79 Å². The van der Waals surface area contributed by atoms with Crippen LogP contribution < -0.4 is 5.73 Å². The van der Waals surface area contributed by atoms with Crippen molar-refractivity contribution in [3.63, 3.8) is 0 Å². The summed E-state index contributed by atoms with van der Waals surface area (Å²) in [5.74, 6) is -0.331. The number of aromatic nitrogens is 1. The van der Waals surface area contributed by atoms with Crippen molar-refractivity contribution >= 4 is 18.4 Å². The Morgan fingerprint density at radius 1 is 1.45 bits per heavy atom. The van der Waals surface area contributed by atoms with Gasteiger partial charge in [-0.3, -0.25) is 4.98 Å². The fourth-order valence-corrected chi connectivity index (χ4v) is 1.73. The van der Waals surface area contributed by atoms with Crippen LogP contribution in [0.15, 0.2) is 18.3 Å². The first-order chi connectivity index (χ1) is 9.06. The zero-order valence-electron chi connectivity index (χ0n) is 12.2. The van der Waals surface area contributed by atoms with Crippen LogP contribution in [0, 0.1) is 0 Å². The molecule has 1 unspecified atom stereocenters. The maximum absolute atomic E-state index is 11.9. The lowest BCUT2D eigenvalue weighted by atomic mass is 10.1. The van der Waals surface area contributed by atoms with E-state index < -0.39 is 6.10 Å². The maximum atomic E-state index is 11.9. The number of hydrogen-bond donors (Lipinski definition) is 1. The van der Waals surface area contributed by atoms with Gasteiger partial charge < -0.3 is 15.2 Å². The molecule has 0 amide bonds. The van der Waals surface area contributed by atoms with Gasteiger partial charge in [-0.15, -0.1) is 12.4 Å². The first-order valence-electron chi connectivity index (χ1n) is 6.52. The molecule has 0 aliphatic rings. The molecule has 0 bridgehead atoms. The first-order valence-corrected chi connectivity index (χ1v) is 6.52. The molecule has 0 saturated carbocycles. The number of nitrogens with zero attached hydrogens (tertiary/aromatic N) is 1. The summed E-state index contributed by atoms with van der Waals surface area (Å²) in [6.07, 6.45) is 1.53. The molecule has 1 heterocycles. The predicted octanol–water partition coefficient (Wildman–Crippen LogP) is 1.86. The normalized spacial score (nSPS) is 11.8. The summed E-state index contributed by atoms with van der Waals surface area (Å²) in [6, 6.07) is 3.74. The summed E-state index contributed by atoms with van der Waals surface area (Å²) < 4.78 is 10.6. The topological polar surface area (TPSA) is 74.4 Å². The van der Waals surface area contributed by atoms with Crippen LogP contribution in [0.5, 0.6) is 0 Å². The van der Waals surface area contributed by atoms with Gasteiger partial charge in [0, 0.05) is 19.2 Å². The Morgan fingerprint density at radius 3 is 2.70 bits per heavy atom. The Balaban J connectivity index is 0.00000361. The zero-order valence-corrected chi connectivity index (χ0v) is 13.0. The molecule has 0 radical (unpaired) electrons. The van der Waals surface area contributed by atoms with Crippen LogP contribution in [-0.4, -0.2) is 29.8 Å². The number of nitrogens with two attached hydrogens (primary N) is 1. The van der Waals surface area contributed by atoms with E-state index in [0.29, 0.717) is 19.6 Å². The number of pyridine rings is 1. The van der Waals surface area contributed by atoms with E-state index in [1.165, 1.54) is 0 Å². The van der Waals surface area contributed by atoms with Crippen LogP contribution in [0.1, 0.15) is 32.0 Å². The minimum Gasteiger partial charge on any atom is -0.464 e. The van der Waals surface area contributed by atoms with E-state index >= 15 is 0 Å². The average Bonchev–Trinajstić information content (AvgIpc) is 2.38. The molecular formula is C14H23ClN2O3. The maximum Gasteiger partial charge on any atom is 0.335 e. The monoisotopic (exact) mass is 302 g/mol. The molecular weight excluding hydrogens is 280 g/mol. The van der Waals surface area contributed by atoms with Gasteiger partial charge >= 0.3 is 5.97 Å². The highest BCUT2D eigenvalue weighted by Crippen LogP contribution is 2.11. The van der Waals surface area contributed by atoms with E-state index in [9.17, 15) is 4.79 Å². The lowest BCUT2D eigenvalue weighted by molar-refractivity contribution is -0.159. The molecule has 114 valence electrons. The summed E-state index contributed by atoms with van der Waals surface area (Å²) >= 11 is 0.